The number of rotatable bonds is 2. The standard InChI is InChI=1S/C14H22BNO2/c1-11(17)14-8-6-4-3-5-7-13-9-12(14)10-16(13)15(2)18/h9-10,14,18H,3-8H2,1-2H3. The van der Waals surface area contributed by atoms with Crippen molar-refractivity contribution in [1.82, 2.24) is 4.48 Å². The highest BCUT2D eigenvalue weighted by atomic mass is 16.2. The number of carbonyl (C=O) groups excluding carboxylic acids is 1. The van der Waals surface area contributed by atoms with Crippen LogP contribution in [-0.4, -0.2) is 22.3 Å². The zero-order valence-corrected chi connectivity index (χ0v) is 11.4. The predicted octanol–water partition coefficient (Wildman–Crippen LogP) is 2.63. The summed E-state index contributed by atoms with van der Waals surface area (Å²) < 4.78 is 1.91. The van der Waals surface area contributed by atoms with E-state index in [0.29, 0.717) is 0 Å². The lowest BCUT2D eigenvalue weighted by Crippen LogP contribution is -2.21. The molecule has 3 nitrogen and oxygen atoms in total. The van der Waals surface area contributed by atoms with Crippen LogP contribution < -0.4 is 0 Å². The lowest BCUT2D eigenvalue weighted by atomic mass is 9.87. The minimum absolute atomic E-state index is 0.0156. The fourth-order valence-corrected chi connectivity index (χ4v) is 2.90. The number of hydrogen-bond donors (Lipinski definition) is 1. The molecule has 0 aromatic carbocycles. The first-order valence-corrected chi connectivity index (χ1v) is 6.98. The highest BCUT2D eigenvalue weighted by Gasteiger charge is 2.22. The van der Waals surface area contributed by atoms with Crippen LogP contribution in [0.15, 0.2) is 12.3 Å². The Labute approximate surface area is 109 Å². The van der Waals surface area contributed by atoms with Crippen LogP contribution in [0.25, 0.3) is 0 Å². The van der Waals surface area contributed by atoms with Gasteiger partial charge in [0, 0.05) is 11.6 Å². The van der Waals surface area contributed by atoms with Gasteiger partial charge < -0.3 is 9.50 Å². The molecule has 1 unspecified atom stereocenters. The Morgan fingerprint density at radius 3 is 2.78 bits per heavy atom. The van der Waals surface area contributed by atoms with Gasteiger partial charge in [-0.2, -0.15) is 0 Å². The summed E-state index contributed by atoms with van der Waals surface area (Å²) in [6, 6.07) is 2.12. The number of carbonyl (C=O) groups is 1. The largest absolute Gasteiger partial charge is 0.432 e. The number of ketones is 1. The van der Waals surface area contributed by atoms with Crippen LogP contribution in [0.4, 0.5) is 0 Å². The Morgan fingerprint density at radius 1 is 1.39 bits per heavy atom. The van der Waals surface area contributed by atoms with Crippen LogP contribution in [0.5, 0.6) is 0 Å². The van der Waals surface area contributed by atoms with E-state index in [4.69, 9.17) is 0 Å². The van der Waals surface area contributed by atoms with Crippen LogP contribution in [-0.2, 0) is 11.2 Å². The van der Waals surface area contributed by atoms with E-state index >= 15 is 0 Å². The molecule has 0 radical (unpaired) electrons. The van der Waals surface area contributed by atoms with Crippen molar-refractivity contribution in [2.24, 2.45) is 0 Å². The molecule has 4 heteroatoms. The van der Waals surface area contributed by atoms with Gasteiger partial charge in [0.15, 0.2) is 0 Å². The average Bonchev–Trinajstić information content (AvgIpc) is 2.70. The molecular formula is C14H22BNO2. The minimum Gasteiger partial charge on any atom is -0.432 e. The van der Waals surface area contributed by atoms with Gasteiger partial charge in [-0.25, -0.2) is 0 Å². The van der Waals surface area contributed by atoms with Crippen molar-refractivity contribution in [2.75, 3.05) is 0 Å². The number of aryl methyl sites for hydroxylation is 1. The minimum atomic E-state index is -0.512. The smallest absolute Gasteiger partial charge is 0.413 e. The molecule has 0 fully saturated rings. The lowest BCUT2D eigenvalue weighted by Gasteiger charge is -2.12. The third kappa shape index (κ3) is 2.86. The summed E-state index contributed by atoms with van der Waals surface area (Å²) in [5.41, 5.74) is 2.24. The zero-order chi connectivity index (χ0) is 13.1. The maximum Gasteiger partial charge on any atom is 0.413 e. The van der Waals surface area contributed by atoms with Crippen molar-refractivity contribution in [1.29, 1.82) is 0 Å². The second-order valence-electron chi connectivity index (χ2n) is 5.42. The third-order valence-corrected chi connectivity index (χ3v) is 3.92. The molecule has 1 atom stereocenters. The molecule has 1 aromatic rings. The lowest BCUT2D eigenvalue weighted by molar-refractivity contribution is -0.118. The molecule has 1 heterocycles. The van der Waals surface area contributed by atoms with Gasteiger partial charge in [0.25, 0.3) is 0 Å². The van der Waals surface area contributed by atoms with Crippen LogP contribution in [0.1, 0.15) is 56.2 Å². The third-order valence-electron chi connectivity index (χ3n) is 3.92. The Kier molecular flexibility index (Phi) is 4.28. The fraction of sp³-hybridized carbons (Fsp3) is 0.643. The predicted molar refractivity (Wildman–Crippen MR) is 73.9 cm³/mol. The van der Waals surface area contributed by atoms with Crippen LogP contribution in [0, 0.1) is 0 Å². The summed E-state index contributed by atoms with van der Waals surface area (Å²) in [4.78, 5) is 11.8. The highest BCUT2D eigenvalue weighted by Crippen LogP contribution is 2.28. The summed E-state index contributed by atoms with van der Waals surface area (Å²) in [5, 5.41) is 9.80. The Balaban J connectivity index is 2.36. The monoisotopic (exact) mass is 247 g/mol. The number of aromatic nitrogens is 1. The average molecular weight is 247 g/mol. The maximum absolute atomic E-state index is 11.8. The van der Waals surface area contributed by atoms with Gasteiger partial charge in [0.2, 0.25) is 0 Å². The van der Waals surface area contributed by atoms with E-state index in [-0.39, 0.29) is 11.7 Å². The first kappa shape index (κ1) is 13.4. The summed E-state index contributed by atoms with van der Waals surface area (Å²) in [6.07, 6.45) is 8.62. The Bertz CT molecular complexity index is 425. The Morgan fingerprint density at radius 2 is 2.11 bits per heavy atom. The van der Waals surface area contributed by atoms with Crippen LogP contribution in [0.2, 0.25) is 6.82 Å². The van der Waals surface area contributed by atoms with E-state index in [1.54, 1.807) is 13.7 Å². The summed E-state index contributed by atoms with van der Waals surface area (Å²) in [5.74, 6) is 0.256. The summed E-state index contributed by atoms with van der Waals surface area (Å²) >= 11 is 0. The van der Waals surface area contributed by atoms with Crippen molar-refractivity contribution in [2.45, 2.75) is 58.2 Å². The molecular weight excluding hydrogens is 225 g/mol. The molecule has 18 heavy (non-hydrogen) atoms. The molecule has 1 aromatic heterocycles. The number of nitrogens with zero attached hydrogens (tertiary/aromatic N) is 1. The van der Waals surface area contributed by atoms with Crippen molar-refractivity contribution in [3.63, 3.8) is 0 Å². The maximum atomic E-state index is 11.8. The molecule has 2 rings (SSSR count). The molecule has 0 spiro atoms. The van der Waals surface area contributed by atoms with E-state index in [9.17, 15) is 9.82 Å². The number of fused-ring (bicyclic) bond motifs is 2. The fourth-order valence-electron chi connectivity index (χ4n) is 2.90. The zero-order valence-electron chi connectivity index (χ0n) is 11.4. The second kappa shape index (κ2) is 5.74. The molecule has 0 saturated carbocycles. The van der Waals surface area contributed by atoms with E-state index < -0.39 is 7.05 Å². The van der Waals surface area contributed by atoms with Gasteiger partial charge in [-0.1, -0.05) is 19.3 Å². The van der Waals surface area contributed by atoms with Crippen LogP contribution >= 0.6 is 0 Å². The van der Waals surface area contributed by atoms with Crippen molar-refractivity contribution < 1.29 is 9.82 Å². The van der Waals surface area contributed by atoms with Gasteiger partial charge in [0.05, 0.1) is 0 Å². The normalized spacial score (nSPS) is 20.5. The van der Waals surface area contributed by atoms with Crippen molar-refractivity contribution in [3.05, 3.63) is 23.5 Å². The number of hydrogen-bond acceptors (Lipinski definition) is 2. The van der Waals surface area contributed by atoms with Crippen molar-refractivity contribution in [3.8, 4) is 0 Å². The van der Waals surface area contributed by atoms with E-state index in [2.05, 4.69) is 6.07 Å². The SMILES string of the molecule is CB(O)n1cc2cc1CCCCCCC2C(C)=O. The molecule has 0 aliphatic heterocycles. The van der Waals surface area contributed by atoms with Gasteiger partial charge in [0.1, 0.15) is 5.78 Å². The quantitative estimate of drug-likeness (QED) is 0.816. The topological polar surface area (TPSA) is 42.2 Å². The molecule has 1 aliphatic rings. The molecule has 1 N–H and O–H groups in total. The van der Waals surface area contributed by atoms with Crippen molar-refractivity contribution >= 4 is 12.8 Å². The van der Waals surface area contributed by atoms with E-state index in [1.807, 2.05) is 10.7 Å². The molecule has 2 bridgehead atoms. The first-order chi connectivity index (χ1) is 8.59. The van der Waals surface area contributed by atoms with E-state index in [0.717, 1.165) is 30.5 Å². The molecule has 0 amide bonds. The second-order valence-corrected chi connectivity index (χ2v) is 5.42. The van der Waals surface area contributed by atoms with Crippen LogP contribution in [0.3, 0.4) is 0 Å². The van der Waals surface area contributed by atoms with Gasteiger partial charge in [-0.05, 0) is 50.8 Å². The summed E-state index contributed by atoms with van der Waals surface area (Å²) in [7, 11) is -0.512. The molecule has 1 aliphatic carbocycles. The number of Topliss-reactive ketones (excluding diaryl/α,β-unsaturated/α-hetero) is 1. The van der Waals surface area contributed by atoms with E-state index in [1.165, 1.54) is 19.3 Å². The van der Waals surface area contributed by atoms with Gasteiger partial charge in [-0.15, -0.1) is 0 Å². The van der Waals surface area contributed by atoms with Gasteiger partial charge in [-0.3, -0.25) is 4.79 Å². The first-order valence-electron chi connectivity index (χ1n) is 6.98. The molecule has 98 valence electrons. The highest BCUT2D eigenvalue weighted by molar-refractivity contribution is 6.47. The summed E-state index contributed by atoms with van der Waals surface area (Å²) in [6.45, 7) is 3.45. The Hall–Kier alpha value is -1.03. The van der Waals surface area contributed by atoms with Gasteiger partial charge >= 0.3 is 7.05 Å². The molecule has 0 saturated heterocycles.